The Morgan fingerprint density at radius 1 is 1.11 bits per heavy atom. The maximum absolute atomic E-state index is 10.9. The van der Waals surface area contributed by atoms with Gasteiger partial charge in [-0.3, -0.25) is 25.5 Å². The Hall–Kier alpha value is -3.38. The summed E-state index contributed by atoms with van der Waals surface area (Å²) < 4.78 is 0. The van der Waals surface area contributed by atoms with Gasteiger partial charge in [-0.1, -0.05) is 60.1 Å². The fourth-order valence-corrected chi connectivity index (χ4v) is 3.40. The molecule has 1 atom stereocenters. The van der Waals surface area contributed by atoms with Crippen LogP contribution < -0.4 is 15.8 Å². The molecule has 1 unspecified atom stereocenters. The normalized spacial score (nSPS) is 15.7. The summed E-state index contributed by atoms with van der Waals surface area (Å²) in [6.07, 6.45) is 4.58. The number of benzene rings is 2. The molecule has 1 aliphatic heterocycles. The van der Waals surface area contributed by atoms with Crippen molar-refractivity contribution in [2.24, 2.45) is 4.99 Å². The number of anilines is 1. The van der Waals surface area contributed by atoms with E-state index in [9.17, 15) is 4.79 Å². The van der Waals surface area contributed by atoms with Gasteiger partial charge in [-0.15, -0.1) is 0 Å². The molecular weight excluding hydrogens is 374 g/mol. The Morgan fingerprint density at radius 3 is 2.68 bits per heavy atom. The van der Waals surface area contributed by atoms with Gasteiger partial charge in [0.15, 0.2) is 0 Å². The highest BCUT2D eigenvalue weighted by atomic mass is 35.5. The van der Waals surface area contributed by atoms with Crippen LogP contribution in [0.1, 0.15) is 5.56 Å². The third-order valence-electron chi connectivity index (χ3n) is 4.45. The molecule has 0 radical (unpaired) electrons. The molecule has 0 saturated heterocycles. The zero-order valence-corrected chi connectivity index (χ0v) is 15.7. The van der Waals surface area contributed by atoms with Gasteiger partial charge in [-0.25, -0.2) is 4.99 Å². The number of hydrazine groups is 1. The minimum atomic E-state index is -0.229. The number of aromatic nitrogens is 1. The van der Waals surface area contributed by atoms with Crippen molar-refractivity contribution in [2.75, 3.05) is 5.01 Å². The number of carbonyl (C=O) groups is 1. The molecule has 7 heteroatoms. The van der Waals surface area contributed by atoms with E-state index in [-0.39, 0.29) is 6.17 Å². The Balaban J connectivity index is 1.65. The van der Waals surface area contributed by atoms with E-state index in [1.54, 1.807) is 12.4 Å². The van der Waals surface area contributed by atoms with E-state index in [0.717, 1.165) is 22.4 Å². The molecule has 0 saturated carbocycles. The minimum Gasteiger partial charge on any atom is -0.298 e. The number of carbonyl (C=O) groups excluding carboxylic acids is 1. The first-order valence-corrected chi connectivity index (χ1v) is 9.20. The molecule has 4 rings (SSSR count). The van der Waals surface area contributed by atoms with Crippen LogP contribution in [0.25, 0.3) is 11.1 Å². The number of amides is 1. The molecule has 3 aromatic rings. The number of hydrogen-bond donors (Lipinski definition) is 2. The molecule has 1 aromatic heterocycles. The molecule has 28 heavy (non-hydrogen) atoms. The number of nitrogens with one attached hydrogen (secondary N) is 2. The largest absolute Gasteiger partial charge is 0.298 e. The van der Waals surface area contributed by atoms with Crippen molar-refractivity contribution >= 4 is 29.7 Å². The molecule has 1 amide bonds. The zero-order valence-electron chi connectivity index (χ0n) is 14.9. The first kappa shape index (κ1) is 18.0. The van der Waals surface area contributed by atoms with Gasteiger partial charge in [0.1, 0.15) is 6.17 Å². The molecule has 2 heterocycles. The number of rotatable bonds is 5. The minimum absolute atomic E-state index is 0.229. The maximum Gasteiger partial charge on any atom is 0.219 e. The summed E-state index contributed by atoms with van der Waals surface area (Å²) in [7, 11) is 0. The van der Waals surface area contributed by atoms with Gasteiger partial charge in [-0.2, -0.15) is 0 Å². The van der Waals surface area contributed by atoms with Gasteiger partial charge in [-0.05, 0) is 17.7 Å². The fourth-order valence-electron chi connectivity index (χ4n) is 3.15. The summed E-state index contributed by atoms with van der Waals surface area (Å²) in [4.78, 5) is 19.8. The van der Waals surface area contributed by atoms with Gasteiger partial charge in [0.25, 0.3) is 0 Å². The van der Waals surface area contributed by atoms with Crippen LogP contribution in [-0.2, 0) is 11.2 Å². The van der Waals surface area contributed by atoms with Crippen LogP contribution >= 0.6 is 11.6 Å². The second-order valence-electron chi connectivity index (χ2n) is 6.30. The molecule has 2 N–H and O–H groups in total. The summed E-state index contributed by atoms with van der Waals surface area (Å²) in [6, 6.07) is 19.7. The Bertz CT molecular complexity index is 1010. The average molecular weight is 392 g/mol. The highest BCUT2D eigenvalue weighted by Crippen LogP contribution is 2.30. The Labute approximate surface area is 167 Å². The summed E-state index contributed by atoms with van der Waals surface area (Å²) in [5.41, 5.74) is 6.92. The Morgan fingerprint density at radius 2 is 1.89 bits per heavy atom. The molecule has 0 fully saturated rings. The van der Waals surface area contributed by atoms with Crippen LogP contribution in [0.2, 0.25) is 5.02 Å². The maximum atomic E-state index is 10.9. The van der Waals surface area contributed by atoms with Crippen LogP contribution in [0.4, 0.5) is 5.69 Å². The number of pyridine rings is 1. The highest BCUT2D eigenvalue weighted by Gasteiger charge is 2.27. The van der Waals surface area contributed by atoms with Crippen molar-refractivity contribution in [3.63, 3.8) is 0 Å². The van der Waals surface area contributed by atoms with Crippen molar-refractivity contribution < 1.29 is 4.79 Å². The third kappa shape index (κ3) is 3.82. The van der Waals surface area contributed by atoms with Crippen molar-refractivity contribution in [1.29, 1.82) is 0 Å². The van der Waals surface area contributed by atoms with E-state index >= 15 is 0 Å². The summed E-state index contributed by atoms with van der Waals surface area (Å²) >= 11 is 6.34. The summed E-state index contributed by atoms with van der Waals surface area (Å²) in [5, 5.41) is 5.15. The van der Waals surface area contributed by atoms with Crippen LogP contribution in [0.3, 0.4) is 0 Å². The quantitative estimate of drug-likeness (QED) is 0.654. The van der Waals surface area contributed by atoms with Crippen LogP contribution in [0, 0.1) is 0 Å². The van der Waals surface area contributed by atoms with Crippen molar-refractivity contribution in [1.82, 2.24) is 15.7 Å². The molecule has 0 aliphatic carbocycles. The molecule has 140 valence electrons. The van der Waals surface area contributed by atoms with E-state index in [4.69, 9.17) is 11.6 Å². The number of aliphatic imine (C=N–C) groups is 1. The fraction of sp³-hybridized carbons (Fsp3) is 0.0952. The second-order valence-corrected chi connectivity index (χ2v) is 6.71. The van der Waals surface area contributed by atoms with Crippen molar-refractivity contribution in [3.05, 3.63) is 83.6 Å². The monoisotopic (exact) mass is 391 g/mol. The second kappa shape index (κ2) is 8.10. The van der Waals surface area contributed by atoms with E-state index in [2.05, 4.69) is 32.9 Å². The van der Waals surface area contributed by atoms with E-state index in [1.807, 2.05) is 53.5 Å². The van der Waals surface area contributed by atoms with Gasteiger partial charge in [0.05, 0.1) is 11.9 Å². The SMILES string of the molecule is O=CNC1=NC(Cc2ccccc2)N(c2cncc(-c3ccccc3Cl)c2)N1. The first-order chi connectivity index (χ1) is 13.7. The average Bonchev–Trinajstić information content (AvgIpc) is 3.12. The Kier molecular flexibility index (Phi) is 5.21. The topological polar surface area (TPSA) is 69.6 Å². The van der Waals surface area contributed by atoms with Gasteiger partial charge in [0.2, 0.25) is 12.4 Å². The van der Waals surface area contributed by atoms with Gasteiger partial charge in [0, 0.05) is 28.8 Å². The lowest BCUT2D eigenvalue weighted by molar-refractivity contribution is -0.108. The predicted octanol–water partition coefficient (Wildman–Crippen LogP) is 3.40. The summed E-state index contributed by atoms with van der Waals surface area (Å²) in [6.45, 7) is 0. The molecule has 0 spiro atoms. The number of hydrogen-bond acceptors (Lipinski definition) is 5. The smallest absolute Gasteiger partial charge is 0.219 e. The van der Waals surface area contributed by atoms with E-state index in [1.165, 1.54) is 0 Å². The summed E-state index contributed by atoms with van der Waals surface area (Å²) in [5.74, 6) is 0.402. The van der Waals surface area contributed by atoms with E-state index < -0.39 is 0 Å². The standard InChI is InChI=1S/C21H18ClN5O/c22-19-9-5-4-8-18(19)16-11-17(13-23-12-16)27-20(25-21(26-27)24-14-28)10-15-6-2-1-3-7-15/h1-9,11-14,20H,10H2,(H2,24,25,26,28). The lowest BCUT2D eigenvalue weighted by Gasteiger charge is -2.25. The van der Waals surface area contributed by atoms with Gasteiger partial charge >= 0.3 is 0 Å². The number of nitrogens with zero attached hydrogens (tertiary/aromatic N) is 3. The lowest BCUT2D eigenvalue weighted by Crippen LogP contribution is -2.45. The van der Waals surface area contributed by atoms with Crippen LogP contribution in [0.5, 0.6) is 0 Å². The molecule has 2 aromatic carbocycles. The van der Waals surface area contributed by atoms with Crippen molar-refractivity contribution in [2.45, 2.75) is 12.6 Å². The van der Waals surface area contributed by atoms with Crippen molar-refractivity contribution in [3.8, 4) is 11.1 Å². The number of guanidine groups is 1. The molecular formula is C21H18ClN5O. The van der Waals surface area contributed by atoms with E-state index in [0.29, 0.717) is 23.8 Å². The molecule has 0 bridgehead atoms. The predicted molar refractivity (Wildman–Crippen MR) is 111 cm³/mol. The van der Waals surface area contributed by atoms with Gasteiger partial charge < -0.3 is 0 Å². The third-order valence-corrected chi connectivity index (χ3v) is 4.78. The molecule has 6 nitrogen and oxygen atoms in total. The van der Waals surface area contributed by atoms with Crippen LogP contribution in [-0.4, -0.2) is 23.5 Å². The highest BCUT2D eigenvalue weighted by molar-refractivity contribution is 6.33. The molecule has 1 aliphatic rings. The lowest BCUT2D eigenvalue weighted by atomic mass is 10.1. The first-order valence-electron chi connectivity index (χ1n) is 8.82. The number of halogens is 1. The van der Waals surface area contributed by atoms with Crippen LogP contribution in [0.15, 0.2) is 78.0 Å². The zero-order chi connectivity index (χ0) is 19.3.